The molecule has 0 aromatic heterocycles. The molecule has 3 nitrogen and oxygen atoms in total. The number of hydrogen-bond donors (Lipinski definition) is 0. The van der Waals surface area contributed by atoms with Crippen LogP contribution in [0.4, 0.5) is 0 Å². The van der Waals surface area contributed by atoms with E-state index in [0.717, 1.165) is 12.0 Å². The van der Waals surface area contributed by atoms with E-state index in [2.05, 4.69) is 13.0 Å². The molecule has 1 rings (SSSR count). The first-order chi connectivity index (χ1) is 7.08. The number of ether oxygens (including phenoxy) is 2. The van der Waals surface area contributed by atoms with Gasteiger partial charge in [0.25, 0.3) is 0 Å². The van der Waals surface area contributed by atoms with Crippen LogP contribution in [-0.4, -0.2) is 25.3 Å². The van der Waals surface area contributed by atoms with Crippen LogP contribution in [0.25, 0.3) is 0 Å². The summed E-state index contributed by atoms with van der Waals surface area (Å²) in [5, 5.41) is 0. The van der Waals surface area contributed by atoms with E-state index in [4.69, 9.17) is 9.47 Å². The molecule has 1 atom stereocenters. The molecule has 15 heavy (non-hydrogen) atoms. The van der Waals surface area contributed by atoms with Crippen molar-refractivity contribution in [2.45, 2.75) is 33.3 Å². The molecule has 3 heteroatoms. The second-order valence-electron chi connectivity index (χ2n) is 3.92. The van der Waals surface area contributed by atoms with Crippen LogP contribution in [0, 0.1) is 0 Å². The second-order valence-corrected chi connectivity index (χ2v) is 3.92. The number of carbonyl (C=O) groups is 1. The molecule has 0 N–H and O–H groups in total. The van der Waals surface area contributed by atoms with E-state index in [1.165, 1.54) is 12.5 Å². The van der Waals surface area contributed by atoms with Gasteiger partial charge in [-0.05, 0) is 25.8 Å². The summed E-state index contributed by atoms with van der Waals surface area (Å²) in [6, 6.07) is 0. The molecule has 84 valence electrons. The zero-order chi connectivity index (χ0) is 11.3. The summed E-state index contributed by atoms with van der Waals surface area (Å²) in [4.78, 5) is 10.6. The third kappa shape index (κ3) is 4.79. The minimum Gasteiger partial charge on any atom is -0.461 e. The predicted molar refractivity (Wildman–Crippen MR) is 58.5 cm³/mol. The Balaban J connectivity index is 2.41. The summed E-state index contributed by atoms with van der Waals surface area (Å²) in [5.74, 6) is -0.247. The molecule has 0 amide bonds. The van der Waals surface area contributed by atoms with Crippen LogP contribution in [-0.2, 0) is 14.3 Å². The van der Waals surface area contributed by atoms with Gasteiger partial charge >= 0.3 is 5.97 Å². The zero-order valence-electron chi connectivity index (χ0n) is 9.58. The molecule has 0 aromatic carbocycles. The van der Waals surface area contributed by atoms with Crippen molar-refractivity contribution in [1.82, 2.24) is 0 Å². The largest absolute Gasteiger partial charge is 0.461 e. The smallest absolute Gasteiger partial charge is 0.302 e. The van der Waals surface area contributed by atoms with Gasteiger partial charge in [0.2, 0.25) is 0 Å². The molecule has 1 aliphatic rings. The molecule has 1 heterocycles. The van der Waals surface area contributed by atoms with Crippen molar-refractivity contribution in [1.29, 1.82) is 0 Å². The van der Waals surface area contributed by atoms with E-state index in [1.807, 2.05) is 13.0 Å². The molecule has 0 saturated heterocycles. The van der Waals surface area contributed by atoms with Crippen molar-refractivity contribution in [3.05, 3.63) is 23.3 Å². The minimum atomic E-state index is -0.247. The molecule has 1 aliphatic heterocycles. The highest BCUT2D eigenvalue weighted by Gasteiger charge is 2.11. The Kier molecular flexibility index (Phi) is 4.56. The van der Waals surface area contributed by atoms with E-state index in [-0.39, 0.29) is 12.1 Å². The van der Waals surface area contributed by atoms with Crippen molar-refractivity contribution in [2.24, 2.45) is 0 Å². The predicted octanol–water partition coefficient (Wildman–Crippen LogP) is 2.23. The van der Waals surface area contributed by atoms with E-state index in [0.29, 0.717) is 13.2 Å². The first-order valence-corrected chi connectivity index (χ1v) is 5.16. The van der Waals surface area contributed by atoms with Crippen molar-refractivity contribution >= 4 is 5.97 Å². The number of esters is 1. The normalized spacial score (nSPS) is 22.2. The summed E-state index contributed by atoms with van der Waals surface area (Å²) in [7, 11) is 0. The maximum absolute atomic E-state index is 10.6. The molecule has 0 radical (unpaired) electrons. The third-order valence-corrected chi connectivity index (χ3v) is 2.24. The van der Waals surface area contributed by atoms with Gasteiger partial charge in [-0.25, -0.2) is 0 Å². The van der Waals surface area contributed by atoms with Crippen molar-refractivity contribution in [2.75, 3.05) is 13.2 Å². The summed E-state index contributed by atoms with van der Waals surface area (Å²) in [6.45, 7) is 6.49. The van der Waals surface area contributed by atoms with Crippen LogP contribution in [0.2, 0.25) is 0 Å². The van der Waals surface area contributed by atoms with Crippen molar-refractivity contribution in [3.63, 3.8) is 0 Å². The van der Waals surface area contributed by atoms with Gasteiger partial charge in [-0.1, -0.05) is 17.7 Å². The maximum Gasteiger partial charge on any atom is 0.302 e. The van der Waals surface area contributed by atoms with Gasteiger partial charge in [0.15, 0.2) is 0 Å². The Labute approximate surface area is 90.8 Å². The highest BCUT2D eigenvalue weighted by molar-refractivity contribution is 5.66. The summed E-state index contributed by atoms with van der Waals surface area (Å²) in [6.07, 6.45) is 5.17. The van der Waals surface area contributed by atoms with Crippen LogP contribution in [0.5, 0.6) is 0 Å². The van der Waals surface area contributed by atoms with E-state index in [1.54, 1.807) is 0 Å². The molecule has 0 spiro atoms. The van der Waals surface area contributed by atoms with Gasteiger partial charge in [0, 0.05) is 6.92 Å². The fourth-order valence-electron chi connectivity index (χ4n) is 1.46. The van der Waals surface area contributed by atoms with Gasteiger partial charge in [-0.3, -0.25) is 4.79 Å². The van der Waals surface area contributed by atoms with E-state index >= 15 is 0 Å². The first-order valence-electron chi connectivity index (χ1n) is 5.16. The molecular formula is C12H18O3. The Morgan fingerprint density at radius 1 is 1.67 bits per heavy atom. The standard InChI is InChI=1S/C12H18O3/c1-9-4-5-14-12(6-9)7-10(2)8-15-11(3)13/h4,7,12H,5-6,8H2,1-3H3/b10-7+. The Bertz CT molecular complexity index is 289. The average Bonchev–Trinajstić information content (AvgIpc) is 2.15. The average molecular weight is 210 g/mol. The SMILES string of the molecule is CC(=O)OC/C(C)=C/C1CC(C)=CCO1. The maximum atomic E-state index is 10.6. The summed E-state index contributed by atoms with van der Waals surface area (Å²) >= 11 is 0. The summed E-state index contributed by atoms with van der Waals surface area (Å²) < 4.78 is 10.4. The Morgan fingerprint density at radius 2 is 2.40 bits per heavy atom. The van der Waals surface area contributed by atoms with Crippen molar-refractivity contribution < 1.29 is 14.3 Å². The lowest BCUT2D eigenvalue weighted by atomic mass is 10.1. The van der Waals surface area contributed by atoms with Gasteiger partial charge in [-0.2, -0.15) is 0 Å². The van der Waals surface area contributed by atoms with Gasteiger partial charge in [-0.15, -0.1) is 0 Å². The van der Waals surface area contributed by atoms with Gasteiger partial charge < -0.3 is 9.47 Å². The monoisotopic (exact) mass is 210 g/mol. The Hall–Kier alpha value is -1.09. The Morgan fingerprint density at radius 3 is 3.00 bits per heavy atom. The van der Waals surface area contributed by atoms with E-state index < -0.39 is 0 Å². The van der Waals surface area contributed by atoms with Crippen LogP contribution in [0.15, 0.2) is 23.3 Å². The molecule has 1 unspecified atom stereocenters. The van der Waals surface area contributed by atoms with Gasteiger partial charge in [0.1, 0.15) is 6.61 Å². The van der Waals surface area contributed by atoms with Crippen LogP contribution < -0.4 is 0 Å². The molecule has 0 fully saturated rings. The third-order valence-electron chi connectivity index (χ3n) is 2.24. The second kappa shape index (κ2) is 5.71. The van der Waals surface area contributed by atoms with Crippen molar-refractivity contribution in [3.8, 4) is 0 Å². The fourth-order valence-corrected chi connectivity index (χ4v) is 1.46. The highest BCUT2D eigenvalue weighted by Crippen LogP contribution is 2.16. The van der Waals surface area contributed by atoms with Crippen LogP contribution >= 0.6 is 0 Å². The highest BCUT2D eigenvalue weighted by atomic mass is 16.5. The molecule has 0 aliphatic carbocycles. The van der Waals surface area contributed by atoms with Crippen LogP contribution in [0.1, 0.15) is 27.2 Å². The number of hydrogen-bond acceptors (Lipinski definition) is 3. The summed E-state index contributed by atoms with van der Waals surface area (Å²) in [5.41, 5.74) is 2.38. The quantitative estimate of drug-likeness (QED) is 0.529. The number of rotatable bonds is 3. The fraction of sp³-hybridized carbons (Fsp3) is 0.583. The molecular weight excluding hydrogens is 192 g/mol. The lowest BCUT2D eigenvalue weighted by Gasteiger charge is -2.19. The zero-order valence-corrected chi connectivity index (χ0v) is 9.58. The minimum absolute atomic E-state index is 0.130. The molecule has 0 bridgehead atoms. The van der Waals surface area contributed by atoms with E-state index in [9.17, 15) is 4.79 Å². The lowest BCUT2D eigenvalue weighted by molar-refractivity contribution is -0.139. The topological polar surface area (TPSA) is 35.5 Å². The van der Waals surface area contributed by atoms with Crippen LogP contribution in [0.3, 0.4) is 0 Å². The first kappa shape index (κ1) is 12.0. The van der Waals surface area contributed by atoms with Gasteiger partial charge in [0.05, 0.1) is 12.7 Å². The molecule has 0 saturated carbocycles. The lowest BCUT2D eigenvalue weighted by Crippen LogP contribution is -2.16. The molecule has 0 aromatic rings. The number of carbonyl (C=O) groups excluding carboxylic acids is 1.